The van der Waals surface area contributed by atoms with Crippen molar-refractivity contribution < 1.29 is 0 Å². The number of nitrogen functional groups attached to an aromatic ring is 1. The topological polar surface area (TPSA) is 55.9 Å². The van der Waals surface area contributed by atoms with E-state index in [0.717, 1.165) is 42.1 Å². The minimum absolute atomic E-state index is 0.291. The zero-order valence-corrected chi connectivity index (χ0v) is 11.5. The molecule has 0 bridgehead atoms. The first kappa shape index (κ1) is 12.1. The van der Waals surface area contributed by atoms with Crippen molar-refractivity contribution in [2.45, 2.75) is 32.7 Å². The maximum atomic E-state index is 6.03. The number of nitrogens with one attached hydrogen (secondary N) is 1. The molecular weight excluding hydrogens is 236 g/mol. The Morgan fingerprint density at radius 1 is 1.42 bits per heavy atom. The number of rotatable bonds is 2. The summed E-state index contributed by atoms with van der Waals surface area (Å²) >= 11 is 0. The van der Waals surface area contributed by atoms with E-state index in [1.165, 1.54) is 5.56 Å². The number of nitrogens with zero attached hydrogens (tertiary/aromatic N) is 2. The number of aromatic nitrogens is 2. The van der Waals surface area contributed by atoms with E-state index in [1.807, 2.05) is 6.92 Å². The molecule has 0 saturated heterocycles. The van der Waals surface area contributed by atoms with Crippen LogP contribution < -0.4 is 11.1 Å². The van der Waals surface area contributed by atoms with Crippen LogP contribution in [0.2, 0.25) is 0 Å². The molecule has 4 heteroatoms. The normalized spacial score (nSPS) is 17.9. The van der Waals surface area contributed by atoms with Crippen molar-refractivity contribution in [3.8, 4) is 0 Å². The number of fused-ring (bicyclic) bond motifs is 1. The summed E-state index contributed by atoms with van der Waals surface area (Å²) < 4.78 is 2.10. The Morgan fingerprint density at radius 3 is 3.00 bits per heavy atom. The van der Waals surface area contributed by atoms with Gasteiger partial charge in [0.25, 0.3) is 0 Å². The monoisotopic (exact) mass is 256 g/mol. The number of hydrogen-bond acceptors (Lipinski definition) is 3. The molecular formula is C15H20N4. The summed E-state index contributed by atoms with van der Waals surface area (Å²) in [5, 5.41) is 8.10. The second-order valence-electron chi connectivity index (χ2n) is 5.17. The summed E-state index contributed by atoms with van der Waals surface area (Å²) in [6.07, 6.45) is 2.00. The smallest absolute Gasteiger partial charge is 0.125 e. The third kappa shape index (κ3) is 2.07. The Labute approximate surface area is 113 Å². The van der Waals surface area contributed by atoms with Gasteiger partial charge in [0.1, 0.15) is 5.82 Å². The molecule has 1 unspecified atom stereocenters. The second-order valence-corrected chi connectivity index (χ2v) is 5.17. The van der Waals surface area contributed by atoms with E-state index >= 15 is 0 Å². The predicted molar refractivity (Wildman–Crippen MR) is 78.4 cm³/mol. The summed E-state index contributed by atoms with van der Waals surface area (Å²) in [7, 11) is 0. The summed E-state index contributed by atoms with van der Waals surface area (Å²) in [4.78, 5) is 0. The molecule has 0 aliphatic carbocycles. The molecule has 0 radical (unpaired) electrons. The van der Waals surface area contributed by atoms with Crippen molar-refractivity contribution in [2.75, 3.05) is 17.6 Å². The summed E-state index contributed by atoms with van der Waals surface area (Å²) in [5.41, 5.74) is 10.4. The lowest BCUT2D eigenvalue weighted by atomic mass is 10.00. The molecule has 100 valence electrons. The maximum Gasteiger partial charge on any atom is 0.125 e. The molecule has 0 fully saturated rings. The fourth-order valence-electron chi connectivity index (χ4n) is 2.62. The molecule has 2 aromatic rings. The van der Waals surface area contributed by atoms with Crippen LogP contribution in [0.15, 0.2) is 24.3 Å². The van der Waals surface area contributed by atoms with Gasteiger partial charge < -0.3 is 11.1 Å². The minimum atomic E-state index is 0.291. The number of nitrogens with two attached hydrogens (primary N) is 1. The molecule has 1 aromatic heterocycles. The fourth-order valence-corrected chi connectivity index (χ4v) is 2.62. The lowest BCUT2D eigenvalue weighted by Crippen LogP contribution is -2.24. The van der Waals surface area contributed by atoms with Crippen molar-refractivity contribution in [1.29, 1.82) is 0 Å². The van der Waals surface area contributed by atoms with Gasteiger partial charge in [-0.3, -0.25) is 0 Å². The molecule has 0 amide bonds. The van der Waals surface area contributed by atoms with Crippen molar-refractivity contribution in [3.05, 3.63) is 41.1 Å². The molecule has 1 aromatic carbocycles. The molecule has 3 rings (SSSR count). The molecule has 4 nitrogen and oxygen atoms in total. The van der Waals surface area contributed by atoms with Gasteiger partial charge in [0.05, 0.1) is 11.7 Å². The first-order valence-corrected chi connectivity index (χ1v) is 6.87. The molecule has 1 atom stereocenters. The zero-order chi connectivity index (χ0) is 13.4. The van der Waals surface area contributed by atoms with E-state index in [9.17, 15) is 0 Å². The van der Waals surface area contributed by atoms with E-state index in [4.69, 9.17) is 10.8 Å². The molecule has 0 saturated carbocycles. The van der Waals surface area contributed by atoms with E-state index in [2.05, 4.69) is 41.2 Å². The largest absolute Gasteiger partial charge is 0.399 e. The van der Waals surface area contributed by atoms with Gasteiger partial charge in [0.15, 0.2) is 0 Å². The summed E-state index contributed by atoms with van der Waals surface area (Å²) in [5.74, 6) is 1.12. The van der Waals surface area contributed by atoms with Crippen LogP contribution in [-0.2, 0) is 6.42 Å². The molecule has 1 aliphatic heterocycles. The Balaban J connectivity index is 2.02. The maximum absolute atomic E-state index is 6.03. The van der Waals surface area contributed by atoms with E-state index in [0.29, 0.717) is 6.04 Å². The third-order valence-corrected chi connectivity index (χ3v) is 3.86. The molecule has 3 N–H and O–H groups in total. The van der Waals surface area contributed by atoms with Crippen LogP contribution in [0.5, 0.6) is 0 Å². The average molecular weight is 256 g/mol. The van der Waals surface area contributed by atoms with Gasteiger partial charge >= 0.3 is 0 Å². The Hall–Kier alpha value is -1.97. The van der Waals surface area contributed by atoms with Crippen molar-refractivity contribution in [1.82, 2.24) is 9.78 Å². The lowest BCUT2D eigenvalue weighted by molar-refractivity contribution is 0.478. The number of hydrogen-bond donors (Lipinski definition) is 2. The number of anilines is 2. The van der Waals surface area contributed by atoms with Crippen molar-refractivity contribution >= 4 is 11.5 Å². The highest BCUT2D eigenvalue weighted by Gasteiger charge is 2.23. The Morgan fingerprint density at radius 2 is 2.26 bits per heavy atom. The fraction of sp³-hybridized carbons (Fsp3) is 0.400. The van der Waals surface area contributed by atoms with Gasteiger partial charge in [0, 0.05) is 18.3 Å². The van der Waals surface area contributed by atoms with Crippen LogP contribution in [0.25, 0.3) is 0 Å². The third-order valence-electron chi connectivity index (χ3n) is 3.86. The van der Waals surface area contributed by atoms with Gasteiger partial charge in [0.2, 0.25) is 0 Å². The predicted octanol–water partition coefficient (Wildman–Crippen LogP) is 2.74. The van der Waals surface area contributed by atoms with E-state index in [-0.39, 0.29) is 0 Å². The summed E-state index contributed by atoms with van der Waals surface area (Å²) in [6, 6.07) is 8.78. The lowest BCUT2D eigenvalue weighted by Gasteiger charge is -2.26. The van der Waals surface area contributed by atoms with Crippen molar-refractivity contribution in [2.24, 2.45) is 0 Å². The Bertz CT molecular complexity index is 600. The van der Waals surface area contributed by atoms with Crippen molar-refractivity contribution in [3.63, 3.8) is 0 Å². The van der Waals surface area contributed by atoms with Gasteiger partial charge in [-0.25, -0.2) is 4.68 Å². The average Bonchev–Trinajstić information content (AvgIpc) is 2.85. The van der Waals surface area contributed by atoms with Gasteiger partial charge in [-0.15, -0.1) is 0 Å². The standard InChI is InChI=1S/C15H20N4/c1-3-12-9-15-17-7-6-14(19(15)18-12)11-5-4-10(2)13(16)8-11/h4-5,8-9,14,17H,3,6-7,16H2,1-2H3. The van der Waals surface area contributed by atoms with E-state index in [1.54, 1.807) is 0 Å². The quantitative estimate of drug-likeness (QED) is 0.812. The highest BCUT2D eigenvalue weighted by Crippen LogP contribution is 2.31. The van der Waals surface area contributed by atoms with Gasteiger partial charge in [-0.2, -0.15) is 5.10 Å². The highest BCUT2D eigenvalue weighted by molar-refractivity contribution is 5.50. The first-order chi connectivity index (χ1) is 9.19. The molecule has 19 heavy (non-hydrogen) atoms. The number of benzene rings is 1. The molecule has 0 spiro atoms. The van der Waals surface area contributed by atoms with Crippen LogP contribution >= 0.6 is 0 Å². The number of aryl methyl sites for hydroxylation is 2. The van der Waals surface area contributed by atoms with Crippen LogP contribution in [0, 0.1) is 6.92 Å². The molecule has 2 heterocycles. The van der Waals surface area contributed by atoms with Crippen LogP contribution in [-0.4, -0.2) is 16.3 Å². The van der Waals surface area contributed by atoms with Crippen LogP contribution in [0.4, 0.5) is 11.5 Å². The van der Waals surface area contributed by atoms with Gasteiger partial charge in [-0.05, 0) is 37.0 Å². The minimum Gasteiger partial charge on any atom is -0.399 e. The van der Waals surface area contributed by atoms with Crippen LogP contribution in [0.1, 0.15) is 36.2 Å². The van der Waals surface area contributed by atoms with Gasteiger partial charge in [-0.1, -0.05) is 19.1 Å². The Kier molecular flexibility index (Phi) is 2.93. The summed E-state index contributed by atoms with van der Waals surface area (Å²) in [6.45, 7) is 5.15. The van der Waals surface area contributed by atoms with E-state index < -0.39 is 0 Å². The van der Waals surface area contributed by atoms with Crippen LogP contribution in [0.3, 0.4) is 0 Å². The first-order valence-electron chi connectivity index (χ1n) is 6.87. The SMILES string of the molecule is CCc1cc2n(n1)C(c1ccc(C)c(N)c1)CCN2. The zero-order valence-electron chi connectivity index (χ0n) is 11.5. The molecule has 1 aliphatic rings. The highest BCUT2D eigenvalue weighted by atomic mass is 15.4. The second kappa shape index (κ2) is 4.61.